The average Bonchev–Trinajstić information content (AvgIpc) is 3.35. The molecule has 0 atom stereocenters. The van der Waals surface area contributed by atoms with Crippen molar-refractivity contribution < 1.29 is 4.79 Å². The van der Waals surface area contributed by atoms with E-state index in [1.54, 1.807) is 30.6 Å². The molecule has 2 heterocycles. The Morgan fingerprint density at radius 3 is 2.91 bits per heavy atom. The van der Waals surface area contributed by atoms with Gasteiger partial charge in [-0.2, -0.15) is 5.10 Å². The van der Waals surface area contributed by atoms with E-state index >= 15 is 0 Å². The zero-order chi connectivity index (χ0) is 15.4. The topological polar surface area (TPSA) is 76.9 Å². The minimum atomic E-state index is -0.133. The number of hydrogen-bond donors (Lipinski definition) is 1. The van der Waals surface area contributed by atoms with Gasteiger partial charge >= 0.3 is 0 Å². The Kier molecular flexibility index (Phi) is 4.27. The number of hydrogen-bond acceptors (Lipinski definition) is 4. The molecule has 0 aromatic carbocycles. The van der Waals surface area contributed by atoms with Gasteiger partial charge < -0.3 is 5.32 Å². The highest BCUT2D eigenvalue weighted by Gasteiger charge is 2.25. The van der Waals surface area contributed by atoms with E-state index in [9.17, 15) is 9.59 Å². The Balaban J connectivity index is 1.51. The molecule has 22 heavy (non-hydrogen) atoms. The van der Waals surface area contributed by atoms with Crippen LogP contribution in [0.25, 0.3) is 0 Å². The van der Waals surface area contributed by atoms with Crippen LogP contribution in [0.3, 0.4) is 0 Å². The lowest BCUT2D eigenvalue weighted by Crippen LogP contribution is -2.32. The maximum Gasteiger partial charge on any atom is 0.266 e. The number of carbonyl (C=O) groups is 1. The van der Waals surface area contributed by atoms with Gasteiger partial charge in [-0.1, -0.05) is 6.07 Å². The van der Waals surface area contributed by atoms with Gasteiger partial charge in [0.25, 0.3) is 5.56 Å². The number of nitrogens with zero attached hydrogens (tertiary/aromatic N) is 3. The smallest absolute Gasteiger partial charge is 0.266 e. The molecule has 1 N–H and O–H groups in total. The van der Waals surface area contributed by atoms with Gasteiger partial charge in [0.05, 0.1) is 18.7 Å². The number of aromatic nitrogens is 3. The zero-order valence-electron chi connectivity index (χ0n) is 12.2. The molecule has 1 aliphatic carbocycles. The minimum Gasteiger partial charge on any atom is -0.354 e. The molecule has 0 saturated heterocycles. The molecular weight excluding hydrogens is 280 g/mol. The molecule has 1 fully saturated rings. The quantitative estimate of drug-likeness (QED) is 0.858. The maximum absolute atomic E-state index is 11.8. The third-order valence-corrected chi connectivity index (χ3v) is 3.62. The van der Waals surface area contributed by atoms with Crippen LogP contribution in [0.4, 0.5) is 0 Å². The van der Waals surface area contributed by atoms with Crippen molar-refractivity contribution in [1.29, 1.82) is 0 Å². The van der Waals surface area contributed by atoms with Crippen LogP contribution in [0.2, 0.25) is 0 Å². The van der Waals surface area contributed by atoms with Crippen LogP contribution < -0.4 is 10.9 Å². The van der Waals surface area contributed by atoms with E-state index < -0.39 is 0 Å². The van der Waals surface area contributed by atoms with Crippen LogP contribution >= 0.6 is 0 Å². The van der Waals surface area contributed by atoms with Gasteiger partial charge in [-0.05, 0) is 30.5 Å². The van der Waals surface area contributed by atoms with E-state index in [-0.39, 0.29) is 17.9 Å². The molecular formula is C16H18N4O2. The molecule has 0 unspecified atom stereocenters. The van der Waals surface area contributed by atoms with Crippen molar-refractivity contribution in [2.45, 2.75) is 31.7 Å². The van der Waals surface area contributed by atoms with Gasteiger partial charge in [-0.3, -0.25) is 14.6 Å². The van der Waals surface area contributed by atoms with Crippen LogP contribution in [-0.2, 0) is 17.8 Å². The van der Waals surface area contributed by atoms with E-state index in [2.05, 4.69) is 15.4 Å². The first-order valence-electron chi connectivity index (χ1n) is 7.46. The van der Waals surface area contributed by atoms with E-state index in [1.807, 2.05) is 6.07 Å². The van der Waals surface area contributed by atoms with Crippen LogP contribution in [0.15, 0.2) is 41.5 Å². The lowest BCUT2D eigenvalue weighted by atomic mass is 10.2. The summed E-state index contributed by atoms with van der Waals surface area (Å²) in [6.07, 6.45) is 5.93. The molecule has 1 saturated carbocycles. The summed E-state index contributed by atoms with van der Waals surface area (Å²) < 4.78 is 1.43. The molecule has 114 valence electrons. The lowest BCUT2D eigenvalue weighted by Gasteiger charge is -2.08. The monoisotopic (exact) mass is 298 g/mol. The molecule has 6 heteroatoms. The van der Waals surface area contributed by atoms with Gasteiger partial charge in [-0.25, -0.2) is 4.68 Å². The molecule has 0 spiro atoms. The fraction of sp³-hybridized carbons (Fsp3) is 0.375. The van der Waals surface area contributed by atoms with Crippen LogP contribution in [-0.4, -0.2) is 27.2 Å². The Morgan fingerprint density at radius 2 is 2.18 bits per heavy atom. The predicted molar refractivity (Wildman–Crippen MR) is 81.4 cm³/mol. The number of pyridine rings is 1. The van der Waals surface area contributed by atoms with Gasteiger partial charge in [-0.15, -0.1) is 0 Å². The Labute approximate surface area is 128 Å². The lowest BCUT2D eigenvalue weighted by molar-refractivity contribution is -0.120. The largest absolute Gasteiger partial charge is 0.354 e. The molecule has 2 aromatic rings. The van der Waals surface area contributed by atoms with Crippen molar-refractivity contribution in [2.24, 2.45) is 0 Å². The molecule has 1 amide bonds. The number of nitrogens with one attached hydrogen (secondary N) is 1. The summed E-state index contributed by atoms with van der Waals surface area (Å²) in [5.41, 5.74) is 1.71. The van der Waals surface area contributed by atoms with Gasteiger partial charge in [0.1, 0.15) is 0 Å². The molecule has 0 radical (unpaired) electrons. The van der Waals surface area contributed by atoms with Crippen molar-refractivity contribution in [3.05, 3.63) is 58.3 Å². The van der Waals surface area contributed by atoms with Gasteiger partial charge in [0.15, 0.2) is 0 Å². The van der Waals surface area contributed by atoms with Crippen LogP contribution in [0.5, 0.6) is 0 Å². The van der Waals surface area contributed by atoms with E-state index in [4.69, 9.17) is 0 Å². The summed E-state index contributed by atoms with van der Waals surface area (Å²) >= 11 is 0. The second kappa shape index (κ2) is 6.51. The molecule has 3 rings (SSSR count). The Morgan fingerprint density at radius 1 is 1.32 bits per heavy atom. The van der Waals surface area contributed by atoms with E-state index in [0.717, 1.165) is 24.1 Å². The summed E-state index contributed by atoms with van der Waals surface area (Å²) in [6.45, 7) is 0.776. The second-order valence-corrected chi connectivity index (χ2v) is 5.48. The SMILES string of the molecule is O=C(Cc1cccnc1)NCCn1nc(C2CC2)ccc1=O. The summed E-state index contributed by atoms with van der Waals surface area (Å²) in [6, 6.07) is 7.02. The maximum atomic E-state index is 11.8. The first-order valence-corrected chi connectivity index (χ1v) is 7.46. The highest BCUT2D eigenvalue weighted by molar-refractivity contribution is 5.78. The molecule has 6 nitrogen and oxygen atoms in total. The fourth-order valence-electron chi connectivity index (χ4n) is 2.27. The number of rotatable bonds is 6. The average molecular weight is 298 g/mol. The fourth-order valence-corrected chi connectivity index (χ4v) is 2.27. The summed E-state index contributed by atoms with van der Waals surface area (Å²) in [7, 11) is 0. The van der Waals surface area contributed by atoms with Crippen molar-refractivity contribution >= 4 is 5.91 Å². The second-order valence-electron chi connectivity index (χ2n) is 5.48. The summed E-state index contributed by atoms with van der Waals surface area (Å²) in [5.74, 6) is 0.423. The van der Waals surface area contributed by atoms with Gasteiger partial charge in [0, 0.05) is 30.9 Å². The predicted octanol–water partition coefficient (Wildman–Crippen LogP) is 0.875. The summed E-state index contributed by atoms with van der Waals surface area (Å²) in [5, 5.41) is 7.16. The van der Waals surface area contributed by atoms with Crippen LogP contribution in [0, 0.1) is 0 Å². The van der Waals surface area contributed by atoms with Crippen molar-refractivity contribution in [1.82, 2.24) is 20.1 Å². The molecule has 2 aromatic heterocycles. The van der Waals surface area contributed by atoms with Crippen molar-refractivity contribution in [3.8, 4) is 0 Å². The molecule has 0 aliphatic heterocycles. The third kappa shape index (κ3) is 3.78. The van der Waals surface area contributed by atoms with Gasteiger partial charge in [0.2, 0.25) is 5.91 Å². The highest BCUT2D eigenvalue weighted by Crippen LogP contribution is 2.38. The Bertz CT molecular complexity index is 708. The third-order valence-electron chi connectivity index (χ3n) is 3.62. The van der Waals surface area contributed by atoms with Crippen LogP contribution in [0.1, 0.15) is 30.0 Å². The first-order chi connectivity index (χ1) is 10.7. The summed E-state index contributed by atoms with van der Waals surface area (Å²) in [4.78, 5) is 27.6. The minimum absolute atomic E-state index is 0.0839. The Hall–Kier alpha value is -2.50. The number of carbonyl (C=O) groups excluding carboxylic acids is 1. The normalized spacial score (nSPS) is 13.8. The standard InChI is InChI=1S/C16H18N4O2/c21-15(10-12-2-1-7-17-11-12)18-8-9-20-16(22)6-5-14(19-20)13-3-4-13/h1-2,5-7,11,13H,3-4,8-10H2,(H,18,21). The first kappa shape index (κ1) is 14.4. The molecule has 1 aliphatic rings. The highest BCUT2D eigenvalue weighted by atomic mass is 16.1. The van der Waals surface area contributed by atoms with Crippen molar-refractivity contribution in [2.75, 3.05) is 6.54 Å². The zero-order valence-corrected chi connectivity index (χ0v) is 12.2. The van der Waals surface area contributed by atoms with Crippen molar-refractivity contribution in [3.63, 3.8) is 0 Å². The van der Waals surface area contributed by atoms with E-state index in [1.165, 1.54) is 4.68 Å². The number of amides is 1. The molecule has 0 bridgehead atoms. The van der Waals surface area contributed by atoms with E-state index in [0.29, 0.717) is 19.0 Å².